The Labute approximate surface area is 129 Å². The van der Waals surface area contributed by atoms with Gasteiger partial charge in [-0.3, -0.25) is 0 Å². The SMILES string of the molecule is CC(Nc1ccc(C(F)(F)F)nc1)c1ccc(Cl)c(Cl)c1. The number of nitrogens with one attached hydrogen (secondary N) is 1. The summed E-state index contributed by atoms with van der Waals surface area (Å²) in [4.78, 5) is 3.39. The molecule has 0 saturated carbocycles. The summed E-state index contributed by atoms with van der Waals surface area (Å²) in [6.45, 7) is 1.86. The first-order valence-electron chi connectivity index (χ1n) is 6.02. The average molecular weight is 335 g/mol. The van der Waals surface area contributed by atoms with Crippen LogP contribution < -0.4 is 5.32 Å². The quantitative estimate of drug-likeness (QED) is 0.792. The van der Waals surface area contributed by atoms with Gasteiger partial charge in [-0.15, -0.1) is 0 Å². The Morgan fingerprint density at radius 3 is 2.33 bits per heavy atom. The largest absolute Gasteiger partial charge is 0.433 e. The second-order valence-corrected chi connectivity index (χ2v) is 5.28. The number of anilines is 1. The maximum absolute atomic E-state index is 12.4. The molecule has 2 rings (SSSR count). The van der Waals surface area contributed by atoms with Crippen molar-refractivity contribution in [2.45, 2.75) is 19.1 Å². The molecule has 1 N–H and O–H groups in total. The molecule has 1 aromatic heterocycles. The normalized spacial score (nSPS) is 13.0. The second kappa shape index (κ2) is 6.12. The van der Waals surface area contributed by atoms with Gasteiger partial charge < -0.3 is 5.32 Å². The van der Waals surface area contributed by atoms with Gasteiger partial charge in [-0.25, -0.2) is 4.98 Å². The number of alkyl halides is 3. The van der Waals surface area contributed by atoms with Crippen molar-refractivity contribution in [3.05, 3.63) is 57.8 Å². The molecule has 21 heavy (non-hydrogen) atoms. The van der Waals surface area contributed by atoms with E-state index in [-0.39, 0.29) is 6.04 Å². The van der Waals surface area contributed by atoms with Crippen LogP contribution in [-0.2, 0) is 6.18 Å². The highest BCUT2D eigenvalue weighted by Crippen LogP contribution is 2.29. The van der Waals surface area contributed by atoms with E-state index in [9.17, 15) is 13.2 Å². The van der Waals surface area contributed by atoms with Crippen LogP contribution in [0.3, 0.4) is 0 Å². The van der Waals surface area contributed by atoms with E-state index in [1.54, 1.807) is 18.2 Å². The summed E-state index contributed by atoms with van der Waals surface area (Å²) in [6.07, 6.45) is -3.29. The van der Waals surface area contributed by atoms with Crippen LogP contribution in [0.5, 0.6) is 0 Å². The second-order valence-electron chi connectivity index (χ2n) is 4.47. The Balaban J connectivity index is 2.12. The van der Waals surface area contributed by atoms with E-state index in [1.165, 1.54) is 6.07 Å². The van der Waals surface area contributed by atoms with E-state index in [0.29, 0.717) is 15.7 Å². The number of aromatic nitrogens is 1. The molecule has 0 bridgehead atoms. The molecule has 2 aromatic rings. The Morgan fingerprint density at radius 1 is 1.10 bits per heavy atom. The van der Waals surface area contributed by atoms with Gasteiger partial charge in [0.05, 0.1) is 21.9 Å². The molecule has 0 amide bonds. The smallest absolute Gasteiger partial charge is 0.377 e. The number of pyridine rings is 1. The molecule has 0 aliphatic rings. The van der Waals surface area contributed by atoms with Gasteiger partial charge in [-0.05, 0) is 36.8 Å². The third kappa shape index (κ3) is 4.02. The van der Waals surface area contributed by atoms with Crippen molar-refractivity contribution in [1.82, 2.24) is 4.98 Å². The fraction of sp³-hybridized carbons (Fsp3) is 0.214. The lowest BCUT2D eigenvalue weighted by atomic mass is 10.1. The van der Waals surface area contributed by atoms with Crippen molar-refractivity contribution >= 4 is 28.9 Å². The van der Waals surface area contributed by atoms with Gasteiger partial charge in [0.1, 0.15) is 5.69 Å². The minimum absolute atomic E-state index is 0.154. The average Bonchev–Trinajstić information content (AvgIpc) is 2.41. The van der Waals surface area contributed by atoms with Gasteiger partial charge in [-0.2, -0.15) is 13.2 Å². The lowest BCUT2D eigenvalue weighted by Crippen LogP contribution is -2.10. The predicted molar refractivity (Wildman–Crippen MR) is 77.7 cm³/mol. The number of benzene rings is 1. The van der Waals surface area contributed by atoms with Crippen LogP contribution in [-0.4, -0.2) is 4.98 Å². The van der Waals surface area contributed by atoms with Crippen LogP contribution >= 0.6 is 23.2 Å². The molecular weight excluding hydrogens is 324 g/mol. The lowest BCUT2D eigenvalue weighted by molar-refractivity contribution is -0.141. The molecule has 1 aromatic carbocycles. The first kappa shape index (κ1) is 15.9. The van der Waals surface area contributed by atoms with Crippen molar-refractivity contribution in [3.63, 3.8) is 0 Å². The number of halogens is 5. The highest BCUT2D eigenvalue weighted by Gasteiger charge is 2.32. The lowest BCUT2D eigenvalue weighted by Gasteiger charge is -2.16. The van der Waals surface area contributed by atoms with Gasteiger partial charge >= 0.3 is 6.18 Å². The molecule has 0 spiro atoms. The molecule has 112 valence electrons. The summed E-state index contributed by atoms with van der Waals surface area (Å²) in [5.74, 6) is 0. The molecule has 0 radical (unpaired) electrons. The van der Waals surface area contributed by atoms with E-state index < -0.39 is 11.9 Å². The summed E-state index contributed by atoms with van der Waals surface area (Å²) in [7, 11) is 0. The predicted octanol–water partition coefficient (Wildman–Crippen LogP) is 5.58. The molecular formula is C14H11Cl2F3N2. The Bertz CT molecular complexity index is 627. The topological polar surface area (TPSA) is 24.9 Å². The van der Waals surface area contributed by atoms with Crippen molar-refractivity contribution in [2.75, 3.05) is 5.32 Å². The highest BCUT2D eigenvalue weighted by molar-refractivity contribution is 6.42. The van der Waals surface area contributed by atoms with Crippen molar-refractivity contribution in [2.24, 2.45) is 0 Å². The molecule has 1 unspecified atom stereocenters. The molecule has 0 aliphatic heterocycles. The first-order valence-corrected chi connectivity index (χ1v) is 6.77. The van der Waals surface area contributed by atoms with Crippen LogP contribution in [0.4, 0.5) is 18.9 Å². The molecule has 0 saturated heterocycles. The van der Waals surface area contributed by atoms with E-state index in [2.05, 4.69) is 10.3 Å². The first-order chi connectivity index (χ1) is 9.77. The molecule has 2 nitrogen and oxygen atoms in total. The molecule has 0 aliphatic carbocycles. The van der Waals surface area contributed by atoms with Gasteiger partial charge in [0, 0.05) is 6.04 Å². The summed E-state index contributed by atoms with van der Waals surface area (Å²) in [5.41, 5.74) is 0.432. The van der Waals surface area contributed by atoms with E-state index in [4.69, 9.17) is 23.2 Å². The van der Waals surface area contributed by atoms with Crippen LogP contribution in [0.25, 0.3) is 0 Å². The zero-order valence-electron chi connectivity index (χ0n) is 10.9. The molecule has 7 heteroatoms. The Hall–Kier alpha value is -1.46. The van der Waals surface area contributed by atoms with E-state index >= 15 is 0 Å². The standard InChI is InChI=1S/C14H11Cl2F3N2/c1-8(9-2-4-11(15)12(16)6-9)21-10-3-5-13(20-7-10)14(17,18)19/h2-8,21H,1H3. The Kier molecular flexibility index (Phi) is 4.64. The minimum Gasteiger partial charge on any atom is -0.377 e. The zero-order chi connectivity index (χ0) is 15.6. The number of nitrogens with zero attached hydrogens (tertiary/aromatic N) is 1. The highest BCUT2D eigenvalue weighted by atomic mass is 35.5. The van der Waals surface area contributed by atoms with Crippen LogP contribution in [0.2, 0.25) is 10.0 Å². The van der Waals surface area contributed by atoms with Crippen LogP contribution in [0.15, 0.2) is 36.5 Å². The fourth-order valence-electron chi connectivity index (χ4n) is 1.76. The summed E-state index contributed by atoms with van der Waals surface area (Å²) < 4.78 is 37.3. The maximum Gasteiger partial charge on any atom is 0.433 e. The van der Waals surface area contributed by atoms with Gasteiger partial charge in [0.15, 0.2) is 0 Å². The number of hydrogen-bond acceptors (Lipinski definition) is 2. The molecule has 1 heterocycles. The minimum atomic E-state index is -4.44. The monoisotopic (exact) mass is 334 g/mol. The van der Waals surface area contributed by atoms with E-state index in [1.807, 2.05) is 6.92 Å². The van der Waals surface area contributed by atoms with Crippen molar-refractivity contribution in [3.8, 4) is 0 Å². The third-order valence-electron chi connectivity index (χ3n) is 2.88. The number of hydrogen-bond donors (Lipinski definition) is 1. The Morgan fingerprint density at radius 2 is 1.81 bits per heavy atom. The fourth-order valence-corrected chi connectivity index (χ4v) is 2.07. The zero-order valence-corrected chi connectivity index (χ0v) is 12.4. The van der Waals surface area contributed by atoms with E-state index in [0.717, 1.165) is 17.8 Å². The van der Waals surface area contributed by atoms with Crippen molar-refractivity contribution in [1.29, 1.82) is 0 Å². The van der Waals surface area contributed by atoms with Gasteiger partial charge in [0.25, 0.3) is 0 Å². The van der Waals surface area contributed by atoms with Crippen LogP contribution in [0, 0.1) is 0 Å². The maximum atomic E-state index is 12.4. The summed E-state index contributed by atoms with van der Waals surface area (Å²) >= 11 is 11.8. The summed E-state index contributed by atoms with van der Waals surface area (Å²) in [5, 5.41) is 3.92. The van der Waals surface area contributed by atoms with Gasteiger partial charge in [-0.1, -0.05) is 29.3 Å². The van der Waals surface area contributed by atoms with Crippen molar-refractivity contribution < 1.29 is 13.2 Å². The number of rotatable bonds is 3. The third-order valence-corrected chi connectivity index (χ3v) is 3.62. The van der Waals surface area contributed by atoms with Crippen LogP contribution in [0.1, 0.15) is 24.2 Å². The summed E-state index contributed by atoms with van der Waals surface area (Å²) in [6, 6.07) is 7.29. The molecule has 0 fully saturated rings. The molecule has 1 atom stereocenters. The van der Waals surface area contributed by atoms with Gasteiger partial charge in [0.2, 0.25) is 0 Å².